The molecule has 0 aromatic carbocycles. The van der Waals surface area contributed by atoms with Crippen LogP contribution in [0.3, 0.4) is 0 Å². The van der Waals surface area contributed by atoms with E-state index in [0.717, 1.165) is 31.1 Å². The molecule has 0 aliphatic carbocycles. The summed E-state index contributed by atoms with van der Waals surface area (Å²) < 4.78 is 2.31. The van der Waals surface area contributed by atoms with Gasteiger partial charge in [-0.1, -0.05) is 0 Å². The molecule has 2 heterocycles. The number of nitrogens with one attached hydrogen (secondary N) is 1. The summed E-state index contributed by atoms with van der Waals surface area (Å²) in [4.78, 5) is 4.49. The van der Waals surface area contributed by atoms with Gasteiger partial charge in [-0.25, -0.2) is 4.98 Å². The van der Waals surface area contributed by atoms with Crippen LogP contribution < -0.4 is 5.32 Å². The van der Waals surface area contributed by atoms with E-state index in [0.29, 0.717) is 0 Å². The monoisotopic (exact) mass is 179 g/mol. The first-order valence-corrected chi connectivity index (χ1v) is 4.97. The third-order valence-corrected chi connectivity index (χ3v) is 2.70. The molecular weight excluding hydrogens is 162 g/mol. The van der Waals surface area contributed by atoms with E-state index in [1.54, 1.807) is 0 Å². The Morgan fingerprint density at radius 3 is 3.31 bits per heavy atom. The predicted octanol–water partition coefficient (Wildman–Crippen LogP) is 0.973. The summed E-state index contributed by atoms with van der Waals surface area (Å²) in [6, 6.07) is 0. The van der Waals surface area contributed by atoms with E-state index in [9.17, 15) is 0 Å². The standard InChI is InChI=1S/C10H17N3/c1-8-6-13-7-9(5-11-2)3-4-10(13)12-8/h6,9,11H,3-5,7H2,1-2H3. The van der Waals surface area contributed by atoms with Crippen molar-refractivity contribution >= 4 is 0 Å². The molecule has 3 heteroatoms. The summed E-state index contributed by atoms with van der Waals surface area (Å²) in [5.41, 5.74) is 1.15. The topological polar surface area (TPSA) is 29.9 Å². The van der Waals surface area contributed by atoms with Gasteiger partial charge in [-0.3, -0.25) is 0 Å². The van der Waals surface area contributed by atoms with E-state index < -0.39 is 0 Å². The minimum absolute atomic E-state index is 0.783. The van der Waals surface area contributed by atoms with E-state index >= 15 is 0 Å². The van der Waals surface area contributed by atoms with E-state index in [4.69, 9.17) is 0 Å². The van der Waals surface area contributed by atoms with Crippen molar-refractivity contribution in [2.24, 2.45) is 5.92 Å². The van der Waals surface area contributed by atoms with Crippen LogP contribution in [0.4, 0.5) is 0 Å². The van der Waals surface area contributed by atoms with Crippen molar-refractivity contribution in [3.63, 3.8) is 0 Å². The highest BCUT2D eigenvalue weighted by Gasteiger charge is 2.18. The number of nitrogens with zero attached hydrogens (tertiary/aromatic N) is 2. The minimum atomic E-state index is 0.783. The molecule has 0 fully saturated rings. The number of rotatable bonds is 2. The van der Waals surface area contributed by atoms with Gasteiger partial charge in [0.05, 0.1) is 5.69 Å². The van der Waals surface area contributed by atoms with Crippen LogP contribution in [0.2, 0.25) is 0 Å². The molecule has 0 saturated heterocycles. The fraction of sp³-hybridized carbons (Fsp3) is 0.700. The van der Waals surface area contributed by atoms with Gasteiger partial charge in [0.2, 0.25) is 0 Å². The molecule has 0 bridgehead atoms. The zero-order valence-electron chi connectivity index (χ0n) is 8.38. The Morgan fingerprint density at radius 2 is 2.54 bits per heavy atom. The summed E-state index contributed by atoms with van der Waals surface area (Å²) >= 11 is 0. The first-order valence-electron chi connectivity index (χ1n) is 4.97. The molecule has 2 rings (SSSR count). The van der Waals surface area contributed by atoms with Gasteiger partial charge in [0.15, 0.2) is 0 Å². The Hall–Kier alpha value is -0.830. The lowest BCUT2D eigenvalue weighted by Gasteiger charge is -2.23. The van der Waals surface area contributed by atoms with Gasteiger partial charge in [0.25, 0.3) is 0 Å². The predicted molar refractivity (Wildman–Crippen MR) is 52.7 cm³/mol. The molecule has 0 saturated carbocycles. The average molecular weight is 179 g/mol. The summed E-state index contributed by atoms with van der Waals surface area (Å²) in [7, 11) is 2.02. The van der Waals surface area contributed by atoms with Crippen LogP contribution >= 0.6 is 0 Å². The SMILES string of the molecule is CNCC1CCc2nc(C)cn2C1. The third kappa shape index (κ3) is 1.75. The van der Waals surface area contributed by atoms with Crippen LogP contribution in [-0.2, 0) is 13.0 Å². The van der Waals surface area contributed by atoms with Gasteiger partial charge in [0, 0.05) is 19.2 Å². The summed E-state index contributed by atoms with van der Waals surface area (Å²) in [5.74, 6) is 2.05. The van der Waals surface area contributed by atoms with Crippen LogP contribution in [-0.4, -0.2) is 23.1 Å². The maximum absolute atomic E-state index is 4.49. The fourth-order valence-electron chi connectivity index (χ4n) is 2.11. The van der Waals surface area contributed by atoms with E-state index in [-0.39, 0.29) is 0 Å². The van der Waals surface area contributed by atoms with E-state index in [1.165, 1.54) is 12.2 Å². The third-order valence-electron chi connectivity index (χ3n) is 2.70. The van der Waals surface area contributed by atoms with Gasteiger partial charge in [0.1, 0.15) is 5.82 Å². The minimum Gasteiger partial charge on any atom is -0.334 e. The zero-order chi connectivity index (χ0) is 9.26. The molecule has 1 aliphatic rings. The Bertz CT molecular complexity index is 290. The van der Waals surface area contributed by atoms with Crippen LogP contribution in [0.15, 0.2) is 6.20 Å². The molecule has 1 aromatic heterocycles. The molecule has 1 unspecified atom stereocenters. The van der Waals surface area contributed by atoms with Gasteiger partial charge in [-0.2, -0.15) is 0 Å². The lowest BCUT2D eigenvalue weighted by molar-refractivity contribution is 0.356. The van der Waals surface area contributed by atoms with Crippen molar-refractivity contribution in [3.05, 3.63) is 17.7 Å². The smallest absolute Gasteiger partial charge is 0.108 e. The Kier molecular flexibility index (Phi) is 2.36. The lowest BCUT2D eigenvalue weighted by Crippen LogP contribution is -2.27. The van der Waals surface area contributed by atoms with Crippen LogP contribution in [0.1, 0.15) is 17.9 Å². The molecule has 13 heavy (non-hydrogen) atoms. The highest BCUT2D eigenvalue weighted by Crippen LogP contribution is 2.18. The fourth-order valence-corrected chi connectivity index (χ4v) is 2.11. The van der Waals surface area contributed by atoms with Gasteiger partial charge >= 0.3 is 0 Å². The Balaban J connectivity index is 2.10. The maximum atomic E-state index is 4.49. The van der Waals surface area contributed by atoms with E-state index in [1.807, 2.05) is 7.05 Å². The average Bonchev–Trinajstić information content (AvgIpc) is 2.44. The summed E-state index contributed by atoms with van der Waals surface area (Å²) in [6.45, 7) is 4.33. The van der Waals surface area contributed by atoms with Gasteiger partial charge in [-0.05, 0) is 32.9 Å². The second-order valence-electron chi connectivity index (χ2n) is 3.91. The van der Waals surface area contributed by atoms with Crippen molar-refractivity contribution in [1.29, 1.82) is 0 Å². The molecule has 3 nitrogen and oxygen atoms in total. The number of imidazole rings is 1. The molecular formula is C10H17N3. The Labute approximate surface area is 79.2 Å². The quantitative estimate of drug-likeness (QED) is 0.733. The number of aryl methyl sites for hydroxylation is 2. The van der Waals surface area contributed by atoms with Gasteiger partial charge < -0.3 is 9.88 Å². The van der Waals surface area contributed by atoms with Crippen molar-refractivity contribution < 1.29 is 0 Å². The number of hydrogen-bond donors (Lipinski definition) is 1. The summed E-state index contributed by atoms with van der Waals surface area (Å²) in [5, 5.41) is 3.24. The largest absolute Gasteiger partial charge is 0.334 e. The first-order chi connectivity index (χ1) is 6.29. The molecule has 72 valence electrons. The molecule has 1 N–H and O–H groups in total. The van der Waals surface area contributed by atoms with Crippen LogP contribution in [0, 0.1) is 12.8 Å². The maximum Gasteiger partial charge on any atom is 0.108 e. The van der Waals surface area contributed by atoms with Crippen molar-refractivity contribution in [3.8, 4) is 0 Å². The molecule has 1 aliphatic heterocycles. The Morgan fingerprint density at radius 1 is 1.69 bits per heavy atom. The first kappa shape index (κ1) is 8.75. The van der Waals surface area contributed by atoms with E-state index in [2.05, 4.69) is 28.0 Å². The van der Waals surface area contributed by atoms with Crippen molar-refractivity contribution in [2.45, 2.75) is 26.3 Å². The van der Waals surface area contributed by atoms with Gasteiger partial charge in [-0.15, -0.1) is 0 Å². The summed E-state index contributed by atoms with van der Waals surface area (Å²) in [6.07, 6.45) is 4.58. The second kappa shape index (κ2) is 3.50. The van der Waals surface area contributed by atoms with Crippen molar-refractivity contribution in [1.82, 2.24) is 14.9 Å². The molecule has 1 atom stereocenters. The molecule has 0 radical (unpaired) electrons. The zero-order valence-corrected chi connectivity index (χ0v) is 8.38. The lowest BCUT2D eigenvalue weighted by atomic mass is 10.00. The van der Waals surface area contributed by atoms with Crippen LogP contribution in [0.5, 0.6) is 0 Å². The highest BCUT2D eigenvalue weighted by atomic mass is 15.1. The molecule has 0 spiro atoms. The van der Waals surface area contributed by atoms with Crippen LogP contribution in [0.25, 0.3) is 0 Å². The number of fused-ring (bicyclic) bond motifs is 1. The normalized spacial score (nSPS) is 21.5. The second-order valence-corrected chi connectivity index (χ2v) is 3.91. The highest BCUT2D eigenvalue weighted by molar-refractivity contribution is 5.04. The molecule has 0 amide bonds. The molecule has 1 aromatic rings. The van der Waals surface area contributed by atoms with Crippen molar-refractivity contribution in [2.75, 3.05) is 13.6 Å². The number of aromatic nitrogens is 2. The number of hydrogen-bond acceptors (Lipinski definition) is 2.